The van der Waals surface area contributed by atoms with Crippen molar-refractivity contribution in [2.24, 2.45) is 0 Å². The third kappa shape index (κ3) is 4.30. The summed E-state index contributed by atoms with van der Waals surface area (Å²) in [5.74, 6) is 0.103. The molecule has 0 spiro atoms. The van der Waals surface area contributed by atoms with Gasteiger partial charge < -0.3 is 4.90 Å². The zero-order valence-corrected chi connectivity index (χ0v) is 14.6. The van der Waals surface area contributed by atoms with Gasteiger partial charge in [0.15, 0.2) is 0 Å². The smallest absolute Gasteiger partial charge is 0.254 e. The van der Waals surface area contributed by atoms with Gasteiger partial charge in [0.05, 0.1) is 0 Å². The van der Waals surface area contributed by atoms with Gasteiger partial charge in [-0.2, -0.15) is 0 Å². The second-order valence-corrected chi connectivity index (χ2v) is 6.43. The van der Waals surface area contributed by atoms with Gasteiger partial charge in [-0.05, 0) is 59.7 Å². The first kappa shape index (κ1) is 16.0. The van der Waals surface area contributed by atoms with Gasteiger partial charge in [0.2, 0.25) is 0 Å². The molecule has 0 saturated heterocycles. The van der Waals surface area contributed by atoms with Crippen molar-refractivity contribution in [3.8, 4) is 0 Å². The molecule has 3 heteroatoms. The Morgan fingerprint density at radius 3 is 2.48 bits per heavy atom. The second kappa shape index (κ2) is 7.59. The predicted octanol–water partition coefficient (Wildman–Crippen LogP) is 4.73. The molecule has 21 heavy (non-hydrogen) atoms. The number of nitrogens with zero attached hydrogens (tertiary/aromatic N) is 1. The fraction of sp³-hybridized carbons (Fsp3) is 0.278. The molecule has 1 atom stereocenters. The molecule has 0 fully saturated rings. The summed E-state index contributed by atoms with van der Waals surface area (Å²) in [7, 11) is 0. The lowest BCUT2D eigenvalue weighted by Gasteiger charge is -2.29. The minimum atomic E-state index is 0.103. The summed E-state index contributed by atoms with van der Waals surface area (Å²) in [4.78, 5) is 14.8. The van der Waals surface area contributed by atoms with E-state index in [9.17, 15) is 4.79 Å². The molecule has 2 aromatic rings. The maximum Gasteiger partial charge on any atom is 0.254 e. The molecule has 0 aliphatic carbocycles. The normalized spacial score (nSPS) is 12.0. The number of halogens is 1. The number of hydrogen-bond donors (Lipinski definition) is 0. The Labute approximate surface area is 140 Å². The number of carbonyl (C=O) groups excluding carboxylic acids is 1. The van der Waals surface area contributed by atoms with E-state index in [1.54, 1.807) is 0 Å². The lowest BCUT2D eigenvalue weighted by molar-refractivity contribution is 0.0671. The van der Waals surface area contributed by atoms with E-state index in [-0.39, 0.29) is 11.9 Å². The van der Waals surface area contributed by atoms with E-state index < -0.39 is 0 Å². The Morgan fingerprint density at radius 2 is 1.86 bits per heavy atom. The van der Waals surface area contributed by atoms with Gasteiger partial charge in [-0.3, -0.25) is 4.79 Å². The van der Waals surface area contributed by atoms with Crippen LogP contribution in [0.5, 0.6) is 0 Å². The highest BCUT2D eigenvalue weighted by molar-refractivity contribution is 14.1. The lowest BCUT2D eigenvalue weighted by Crippen LogP contribution is -2.37. The average molecular weight is 393 g/mol. The Balaban J connectivity index is 2.25. The Morgan fingerprint density at radius 1 is 1.14 bits per heavy atom. The van der Waals surface area contributed by atoms with Crippen molar-refractivity contribution in [3.63, 3.8) is 0 Å². The van der Waals surface area contributed by atoms with Crippen LogP contribution in [0.2, 0.25) is 0 Å². The van der Waals surface area contributed by atoms with Crippen molar-refractivity contribution in [1.82, 2.24) is 4.90 Å². The van der Waals surface area contributed by atoms with Gasteiger partial charge >= 0.3 is 0 Å². The molecular weight excluding hydrogens is 373 g/mol. The van der Waals surface area contributed by atoms with E-state index in [4.69, 9.17) is 0 Å². The lowest BCUT2D eigenvalue weighted by atomic mass is 10.1. The van der Waals surface area contributed by atoms with E-state index in [2.05, 4.69) is 48.6 Å². The predicted molar refractivity (Wildman–Crippen MR) is 95.2 cm³/mol. The molecule has 1 amide bonds. The van der Waals surface area contributed by atoms with Gasteiger partial charge in [-0.1, -0.05) is 43.3 Å². The van der Waals surface area contributed by atoms with Crippen LogP contribution in [-0.4, -0.2) is 16.8 Å². The van der Waals surface area contributed by atoms with Crippen LogP contribution in [0.25, 0.3) is 0 Å². The molecule has 110 valence electrons. The van der Waals surface area contributed by atoms with Crippen LogP contribution < -0.4 is 0 Å². The van der Waals surface area contributed by atoms with Crippen molar-refractivity contribution < 1.29 is 4.79 Å². The molecule has 1 unspecified atom stereocenters. The number of rotatable bonds is 5. The maximum atomic E-state index is 12.8. The van der Waals surface area contributed by atoms with Crippen molar-refractivity contribution in [2.45, 2.75) is 32.9 Å². The van der Waals surface area contributed by atoms with Crippen LogP contribution in [0.15, 0.2) is 54.6 Å². The molecule has 2 nitrogen and oxygen atoms in total. The molecule has 0 heterocycles. The maximum absolute atomic E-state index is 12.8. The minimum absolute atomic E-state index is 0.103. The highest BCUT2D eigenvalue weighted by Crippen LogP contribution is 2.16. The van der Waals surface area contributed by atoms with Crippen LogP contribution in [-0.2, 0) is 6.54 Å². The molecule has 2 aromatic carbocycles. The summed E-state index contributed by atoms with van der Waals surface area (Å²) >= 11 is 2.24. The first-order valence-electron chi connectivity index (χ1n) is 7.22. The fourth-order valence-corrected chi connectivity index (χ4v) is 2.76. The summed E-state index contributed by atoms with van der Waals surface area (Å²) in [5.41, 5.74) is 1.93. The summed E-state index contributed by atoms with van der Waals surface area (Å²) in [5, 5.41) is 0. The van der Waals surface area contributed by atoms with Gasteiger partial charge in [0.25, 0.3) is 5.91 Å². The zero-order valence-electron chi connectivity index (χ0n) is 12.4. The number of hydrogen-bond acceptors (Lipinski definition) is 1. The van der Waals surface area contributed by atoms with Crippen LogP contribution >= 0.6 is 22.6 Å². The van der Waals surface area contributed by atoms with Crippen molar-refractivity contribution in [1.29, 1.82) is 0 Å². The van der Waals surface area contributed by atoms with Gasteiger partial charge in [-0.25, -0.2) is 0 Å². The van der Waals surface area contributed by atoms with E-state index in [0.717, 1.165) is 21.1 Å². The third-order valence-corrected chi connectivity index (χ3v) is 4.32. The summed E-state index contributed by atoms with van der Waals surface area (Å²) in [6, 6.07) is 18.2. The Bertz CT molecular complexity index is 597. The highest BCUT2D eigenvalue weighted by atomic mass is 127. The quantitative estimate of drug-likeness (QED) is 0.673. The molecule has 2 rings (SSSR count). The van der Waals surface area contributed by atoms with Gasteiger partial charge in [0, 0.05) is 21.7 Å². The van der Waals surface area contributed by atoms with Gasteiger partial charge in [0.1, 0.15) is 0 Å². The number of carbonyl (C=O) groups is 1. The van der Waals surface area contributed by atoms with Crippen molar-refractivity contribution in [3.05, 3.63) is 69.3 Å². The molecule has 0 N–H and O–H groups in total. The number of benzene rings is 2. The van der Waals surface area contributed by atoms with E-state index in [1.807, 2.05) is 47.4 Å². The summed E-state index contributed by atoms with van der Waals surface area (Å²) in [6.07, 6.45) is 0.947. The molecule has 0 radical (unpaired) electrons. The first-order valence-corrected chi connectivity index (χ1v) is 8.30. The Hall–Kier alpha value is -1.36. The highest BCUT2D eigenvalue weighted by Gasteiger charge is 2.20. The van der Waals surface area contributed by atoms with E-state index in [0.29, 0.717) is 6.54 Å². The van der Waals surface area contributed by atoms with Crippen LogP contribution in [0.4, 0.5) is 0 Å². The average Bonchev–Trinajstić information content (AvgIpc) is 2.52. The molecule has 0 aromatic heterocycles. The third-order valence-electron chi connectivity index (χ3n) is 3.65. The molecule has 0 bridgehead atoms. The summed E-state index contributed by atoms with van der Waals surface area (Å²) in [6.45, 7) is 4.87. The Kier molecular flexibility index (Phi) is 5.79. The standard InChI is InChI=1S/C18H20INO/c1-3-14(2)20(13-15-8-5-4-6-9-15)18(21)16-10-7-11-17(19)12-16/h4-12,14H,3,13H2,1-2H3. The monoisotopic (exact) mass is 393 g/mol. The molecule has 0 aliphatic heterocycles. The SMILES string of the molecule is CCC(C)N(Cc1ccccc1)C(=O)c1cccc(I)c1. The first-order chi connectivity index (χ1) is 10.1. The van der Waals surface area contributed by atoms with E-state index in [1.165, 1.54) is 0 Å². The van der Waals surface area contributed by atoms with Crippen molar-refractivity contribution >= 4 is 28.5 Å². The largest absolute Gasteiger partial charge is 0.332 e. The number of amides is 1. The molecule has 0 aliphatic rings. The van der Waals surface area contributed by atoms with Crippen LogP contribution in [0, 0.1) is 3.57 Å². The van der Waals surface area contributed by atoms with Gasteiger partial charge in [-0.15, -0.1) is 0 Å². The topological polar surface area (TPSA) is 20.3 Å². The van der Waals surface area contributed by atoms with Crippen molar-refractivity contribution in [2.75, 3.05) is 0 Å². The molecule has 0 saturated carbocycles. The van der Waals surface area contributed by atoms with Crippen LogP contribution in [0.3, 0.4) is 0 Å². The molecular formula is C18H20INO. The van der Waals surface area contributed by atoms with Crippen LogP contribution in [0.1, 0.15) is 36.2 Å². The zero-order chi connectivity index (χ0) is 15.2. The fourth-order valence-electron chi connectivity index (χ4n) is 2.22. The second-order valence-electron chi connectivity index (χ2n) is 5.19. The minimum Gasteiger partial charge on any atom is -0.332 e. The van der Waals surface area contributed by atoms with E-state index >= 15 is 0 Å². The summed E-state index contributed by atoms with van der Waals surface area (Å²) < 4.78 is 1.09.